The van der Waals surface area contributed by atoms with Crippen LogP contribution in [0.25, 0.3) is 10.8 Å². The lowest BCUT2D eigenvalue weighted by Crippen LogP contribution is -2.51. The van der Waals surface area contributed by atoms with E-state index in [-0.39, 0.29) is 11.5 Å². The van der Waals surface area contributed by atoms with Crippen LogP contribution in [0.2, 0.25) is 0 Å². The predicted octanol–water partition coefficient (Wildman–Crippen LogP) is 5.18. The van der Waals surface area contributed by atoms with Crippen LogP contribution in [-0.2, 0) is 0 Å². The van der Waals surface area contributed by atoms with Crippen LogP contribution in [0.15, 0.2) is 42.5 Å². The molecule has 0 amide bonds. The second-order valence-electron chi connectivity index (χ2n) is 8.43. The molecule has 2 aromatic carbocycles. The van der Waals surface area contributed by atoms with Gasteiger partial charge in [0.15, 0.2) is 0 Å². The van der Waals surface area contributed by atoms with Gasteiger partial charge in [0.25, 0.3) is 0 Å². The van der Waals surface area contributed by atoms with Crippen LogP contribution in [0.4, 0.5) is 0 Å². The molecule has 2 unspecified atom stereocenters. The Morgan fingerprint density at radius 1 is 0.960 bits per heavy atom. The van der Waals surface area contributed by atoms with Crippen LogP contribution in [0, 0.1) is 11.3 Å². The van der Waals surface area contributed by atoms with Crippen molar-refractivity contribution >= 4 is 10.8 Å². The molecule has 3 atom stereocenters. The first-order valence-corrected chi connectivity index (χ1v) is 10.2. The zero-order valence-electron chi connectivity index (χ0n) is 15.5. The quantitative estimate of drug-likeness (QED) is 0.807. The van der Waals surface area contributed by atoms with Gasteiger partial charge < -0.3 is 11.1 Å². The molecule has 1 aliphatic carbocycles. The molecule has 2 fully saturated rings. The summed E-state index contributed by atoms with van der Waals surface area (Å²) in [5.74, 6) is 0.735. The maximum Gasteiger partial charge on any atom is 0.0367 e. The lowest BCUT2D eigenvalue weighted by molar-refractivity contribution is 0.0628. The molecule has 134 valence electrons. The molecular weight excluding hydrogens is 304 g/mol. The van der Waals surface area contributed by atoms with Gasteiger partial charge in [-0.25, -0.2) is 0 Å². The molecule has 0 spiro atoms. The molecule has 1 aliphatic heterocycles. The van der Waals surface area contributed by atoms with Crippen LogP contribution in [0.5, 0.6) is 0 Å². The lowest BCUT2D eigenvalue weighted by atomic mass is 9.60. The fourth-order valence-corrected chi connectivity index (χ4v) is 5.46. The van der Waals surface area contributed by atoms with Gasteiger partial charge in [0, 0.05) is 17.5 Å². The van der Waals surface area contributed by atoms with Crippen molar-refractivity contribution in [3.05, 3.63) is 48.0 Å². The van der Waals surface area contributed by atoms with E-state index in [2.05, 4.69) is 54.7 Å². The minimum atomic E-state index is 0.0933. The van der Waals surface area contributed by atoms with E-state index < -0.39 is 0 Å². The van der Waals surface area contributed by atoms with E-state index in [9.17, 15) is 0 Å². The second-order valence-corrected chi connectivity index (χ2v) is 8.43. The Bertz CT molecular complexity index is 713. The molecule has 25 heavy (non-hydrogen) atoms. The summed E-state index contributed by atoms with van der Waals surface area (Å²) in [5.41, 5.74) is 8.48. The molecule has 1 heterocycles. The first-order chi connectivity index (χ1) is 12.2. The van der Waals surface area contributed by atoms with Crippen LogP contribution < -0.4 is 11.1 Å². The standard InChI is InChI=1S/C23H32N2/c1-23(21-12-7-15-25-21,20-10-3-2-4-11-20)22(24)19-14-13-17-8-5-6-9-18(17)16-19/h5-6,8-9,13-14,16,20-22,25H,2-4,7,10-12,15,24H2,1H3/t21?,22-,23?/m0/s1. The zero-order valence-corrected chi connectivity index (χ0v) is 15.5. The molecule has 4 rings (SSSR count). The van der Waals surface area contributed by atoms with Crippen molar-refractivity contribution in [2.24, 2.45) is 17.1 Å². The minimum absolute atomic E-state index is 0.0933. The Morgan fingerprint density at radius 2 is 1.72 bits per heavy atom. The largest absolute Gasteiger partial charge is 0.323 e. The van der Waals surface area contributed by atoms with Crippen molar-refractivity contribution in [2.45, 2.75) is 64.0 Å². The number of fused-ring (bicyclic) bond motifs is 1. The molecule has 0 radical (unpaired) electrons. The maximum atomic E-state index is 7.04. The number of benzene rings is 2. The van der Waals surface area contributed by atoms with E-state index >= 15 is 0 Å². The second kappa shape index (κ2) is 7.09. The van der Waals surface area contributed by atoms with Crippen molar-refractivity contribution < 1.29 is 0 Å². The van der Waals surface area contributed by atoms with Crippen molar-refractivity contribution in [2.75, 3.05) is 6.54 Å². The molecular formula is C23H32N2. The van der Waals surface area contributed by atoms with Crippen LogP contribution in [0.1, 0.15) is 63.5 Å². The Kier molecular flexibility index (Phi) is 4.84. The van der Waals surface area contributed by atoms with Crippen LogP contribution in [0.3, 0.4) is 0 Å². The number of rotatable bonds is 4. The highest BCUT2D eigenvalue weighted by atomic mass is 15.0. The summed E-state index contributed by atoms with van der Waals surface area (Å²) < 4.78 is 0. The van der Waals surface area contributed by atoms with Gasteiger partial charge in [0.2, 0.25) is 0 Å². The van der Waals surface area contributed by atoms with Crippen molar-refractivity contribution in [3.8, 4) is 0 Å². The number of hydrogen-bond acceptors (Lipinski definition) is 2. The minimum Gasteiger partial charge on any atom is -0.323 e. The van der Waals surface area contributed by atoms with Gasteiger partial charge in [-0.3, -0.25) is 0 Å². The maximum absolute atomic E-state index is 7.04. The van der Waals surface area contributed by atoms with E-state index in [1.165, 1.54) is 61.3 Å². The fourth-order valence-electron chi connectivity index (χ4n) is 5.46. The van der Waals surface area contributed by atoms with Crippen molar-refractivity contribution in [3.63, 3.8) is 0 Å². The molecule has 2 aromatic rings. The van der Waals surface area contributed by atoms with Crippen molar-refractivity contribution in [1.82, 2.24) is 5.32 Å². The summed E-state index contributed by atoms with van der Waals surface area (Å²) in [6.45, 7) is 3.63. The molecule has 0 aromatic heterocycles. The summed E-state index contributed by atoms with van der Waals surface area (Å²) in [4.78, 5) is 0. The third-order valence-corrected chi connectivity index (χ3v) is 7.10. The summed E-state index contributed by atoms with van der Waals surface area (Å²) in [5, 5.41) is 6.41. The van der Waals surface area contributed by atoms with Gasteiger partial charge in [-0.05, 0) is 60.5 Å². The monoisotopic (exact) mass is 336 g/mol. The number of nitrogens with two attached hydrogens (primary N) is 1. The summed E-state index contributed by atoms with van der Waals surface area (Å²) in [7, 11) is 0. The average Bonchev–Trinajstić information content (AvgIpc) is 3.22. The van der Waals surface area contributed by atoms with Gasteiger partial charge in [0.1, 0.15) is 0 Å². The van der Waals surface area contributed by atoms with E-state index in [0.717, 1.165) is 12.5 Å². The topological polar surface area (TPSA) is 38.0 Å². The molecule has 0 bridgehead atoms. The van der Waals surface area contributed by atoms with E-state index in [1.54, 1.807) is 0 Å². The third-order valence-electron chi connectivity index (χ3n) is 7.10. The van der Waals surface area contributed by atoms with Gasteiger partial charge >= 0.3 is 0 Å². The molecule has 1 saturated carbocycles. The van der Waals surface area contributed by atoms with Gasteiger partial charge in [0.05, 0.1) is 0 Å². The Morgan fingerprint density at radius 3 is 2.44 bits per heavy atom. The van der Waals surface area contributed by atoms with Gasteiger partial charge in [-0.15, -0.1) is 0 Å². The molecule has 2 aliphatic rings. The van der Waals surface area contributed by atoms with Gasteiger partial charge in [-0.1, -0.05) is 62.6 Å². The van der Waals surface area contributed by atoms with Crippen LogP contribution in [-0.4, -0.2) is 12.6 Å². The number of hydrogen-bond donors (Lipinski definition) is 2. The number of nitrogens with one attached hydrogen (secondary N) is 1. The van der Waals surface area contributed by atoms with E-state index in [4.69, 9.17) is 5.73 Å². The Balaban J connectivity index is 1.71. The molecule has 1 saturated heterocycles. The smallest absolute Gasteiger partial charge is 0.0367 e. The highest BCUT2D eigenvalue weighted by Gasteiger charge is 2.47. The summed E-state index contributed by atoms with van der Waals surface area (Å²) >= 11 is 0. The normalized spacial score (nSPS) is 25.8. The highest BCUT2D eigenvalue weighted by molar-refractivity contribution is 5.83. The first-order valence-electron chi connectivity index (χ1n) is 10.2. The lowest BCUT2D eigenvalue weighted by Gasteiger charge is -2.48. The van der Waals surface area contributed by atoms with E-state index in [1.807, 2.05) is 0 Å². The zero-order chi connectivity index (χ0) is 17.3. The van der Waals surface area contributed by atoms with Crippen molar-refractivity contribution in [1.29, 1.82) is 0 Å². The van der Waals surface area contributed by atoms with Crippen LogP contribution >= 0.6 is 0 Å². The molecule has 3 N–H and O–H groups in total. The fraction of sp³-hybridized carbons (Fsp3) is 0.565. The summed E-state index contributed by atoms with van der Waals surface area (Å²) in [6, 6.07) is 16.1. The first kappa shape index (κ1) is 17.1. The average molecular weight is 337 g/mol. The predicted molar refractivity (Wildman–Crippen MR) is 107 cm³/mol. The summed E-state index contributed by atoms with van der Waals surface area (Å²) in [6.07, 6.45) is 9.39. The Hall–Kier alpha value is -1.38. The Labute approximate surface area is 152 Å². The molecule has 2 heteroatoms. The highest BCUT2D eigenvalue weighted by Crippen LogP contribution is 2.50. The van der Waals surface area contributed by atoms with E-state index in [0.29, 0.717) is 6.04 Å². The third kappa shape index (κ3) is 3.11. The molecule has 2 nitrogen and oxygen atoms in total. The van der Waals surface area contributed by atoms with Gasteiger partial charge in [-0.2, -0.15) is 0 Å². The SMILES string of the molecule is CC(C1CCCCC1)(C1CCCN1)[C@@H](N)c1ccc2ccccc2c1.